The summed E-state index contributed by atoms with van der Waals surface area (Å²) in [5.74, 6) is -2.33. The molecule has 0 bridgehead atoms. The van der Waals surface area contributed by atoms with Gasteiger partial charge in [0.2, 0.25) is 0 Å². The van der Waals surface area contributed by atoms with Gasteiger partial charge in [-0.3, -0.25) is 9.59 Å². The third-order valence-corrected chi connectivity index (χ3v) is 2.61. The largest absolute Gasteiger partial charge is 0.481 e. The summed E-state index contributed by atoms with van der Waals surface area (Å²) < 4.78 is 5.42. The van der Waals surface area contributed by atoms with Crippen molar-refractivity contribution in [3.05, 3.63) is 0 Å². The minimum Gasteiger partial charge on any atom is -0.481 e. The van der Waals surface area contributed by atoms with Crippen LogP contribution in [0.3, 0.4) is 0 Å². The Kier molecular flexibility index (Phi) is 4.55. The average Bonchev–Trinajstić information content (AvgIpc) is 2.17. The number of carboxylic acid groups (broad SMARTS) is 2. The molecule has 0 amide bonds. The highest BCUT2D eigenvalue weighted by Crippen LogP contribution is 2.25. The molecule has 0 spiro atoms. The zero-order valence-electron chi connectivity index (χ0n) is 8.52. The fraction of sp³-hybridized carbons (Fsp3) is 0.800. The summed E-state index contributed by atoms with van der Waals surface area (Å²) in [4.78, 5) is 21.2. The van der Waals surface area contributed by atoms with E-state index >= 15 is 0 Å². The van der Waals surface area contributed by atoms with Crippen molar-refractivity contribution in [1.82, 2.24) is 0 Å². The standard InChI is InChI=1S/C10H16O5/c11-9(12)5-7(6-10(13)14)8-3-1-2-4-15-8/h7-8H,1-6H2,(H,11,12)(H,13,14). The lowest BCUT2D eigenvalue weighted by molar-refractivity contribution is -0.144. The highest BCUT2D eigenvalue weighted by Gasteiger charge is 2.28. The zero-order chi connectivity index (χ0) is 11.3. The number of hydrogen-bond donors (Lipinski definition) is 2. The van der Waals surface area contributed by atoms with E-state index in [4.69, 9.17) is 14.9 Å². The quantitative estimate of drug-likeness (QED) is 0.719. The summed E-state index contributed by atoms with van der Waals surface area (Å²) >= 11 is 0. The van der Waals surface area contributed by atoms with Crippen LogP contribution >= 0.6 is 0 Å². The van der Waals surface area contributed by atoms with Crippen molar-refractivity contribution in [3.8, 4) is 0 Å². The molecule has 86 valence electrons. The van der Waals surface area contributed by atoms with Crippen LogP contribution < -0.4 is 0 Å². The molecule has 5 heteroatoms. The van der Waals surface area contributed by atoms with Gasteiger partial charge in [-0.25, -0.2) is 0 Å². The van der Waals surface area contributed by atoms with Gasteiger partial charge in [0, 0.05) is 12.5 Å². The van der Waals surface area contributed by atoms with Crippen LogP contribution in [-0.2, 0) is 14.3 Å². The molecule has 1 atom stereocenters. The number of carboxylic acids is 2. The monoisotopic (exact) mass is 216 g/mol. The summed E-state index contributed by atoms with van der Waals surface area (Å²) in [6, 6.07) is 0. The predicted octanol–water partition coefficient (Wildman–Crippen LogP) is 1.12. The molecule has 0 radical (unpaired) electrons. The van der Waals surface area contributed by atoms with E-state index in [1.165, 1.54) is 0 Å². The maximum atomic E-state index is 10.6. The summed E-state index contributed by atoms with van der Waals surface area (Å²) in [5, 5.41) is 17.4. The zero-order valence-corrected chi connectivity index (χ0v) is 8.52. The third kappa shape index (κ3) is 4.29. The second-order valence-electron chi connectivity index (χ2n) is 3.86. The lowest BCUT2D eigenvalue weighted by Gasteiger charge is -2.28. The van der Waals surface area contributed by atoms with E-state index in [1.807, 2.05) is 0 Å². The van der Waals surface area contributed by atoms with Crippen molar-refractivity contribution >= 4 is 11.9 Å². The van der Waals surface area contributed by atoms with Crippen molar-refractivity contribution < 1.29 is 24.5 Å². The van der Waals surface area contributed by atoms with E-state index in [0.717, 1.165) is 19.3 Å². The molecule has 2 N–H and O–H groups in total. The molecule has 0 aromatic carbocycles. The Morgan fingerprint density at radius 2 is 1.80 bits per heavy atom. The Bertz CT molecular complexity index is 216. The number of aliphatic carboxylic acids is 2. The number of carbonyl (C=O) groups is 2. The van der Waals surface area contributed by atoms with E-state index in [1.54, 1.807) is 0 Å². The second kappa shape index (κ2) is 5.70. The van der Waals surface area contributed by atoms with Crippen LogP contribution in [0.25, 0.3) is 0 Å². The van der Waals surface area contributed by atoms with Crippen molar-refractivity contribution in [2.75, 3.05) is 6.61 Å². The van der Waals surface area contributed by atoms with Gasteiger partial charge in [-0.15, -0.1) is 0 Å². The summed E-state index contributed by atoms with van der Waals surface area (Å²) in [5.41, 5.74) is 0. The Morgan fingerprint density at radius 1 is 1.20 bits per heavy atom. The van der Waals surface area contributed by atoms with Crippen molar-refractivity contribution in [2.45, 2.75) is 38.2 Å². The van der Waals surface area contributed by atoms with E-state index in [9.17, 15) is 9.59 Å². The van der Waals surface area contributed by atoms with Crippen LogP contribution in [0.1, 0.15) is 32.1 Å². The lowest BCUT2D eigenvalue weighted by atomic mass is 9.90. The Balaban J connectivity index is 2.52. The molecule has 1 aliphatic rings. The molecule has 1 heterocycles. The van der Waals surface area contributed by atoms with Gasteiger partial charge >= 0.3 is 11.9 Å². The fourth-order valence-corrected chi connectivity index (χ4v) is 1.92. The van der Waals surface area contributed by atoms with Crippen LogP contribution in [0, 0.1) is 5.92 Å². The van der Waals surface area contributed by atoms with Gasteiger partial charge in [-0.2, -0.15) is 0 Å². The SMILES string of the molecule is O=C(O)CC(CC(=O)O)C1CCCCO1. The van der Waals surface area contributed by atoms with Crippen LogP contribution in [0.2, 0.25) is 0 Å². The topological polar surface area (TPSA) is 83.8 Å². The van der Waals surface area contributed by atoms with Crippen LogP contribution in [0.15, 0.2) is 0 Å². The molecule has 1 saturated heterocycles. The molecule has 1 fully saturated rings. The van der Waals surface area contributed by atoms with E-state index < -0.39 is 17.9 Å². The summed E-state index contributed by atoms with van der Waals surface area (Å²) in [6.45, 7) is 0.612. The van der Waals surface area contributed by atoms with Crippen molar-refractivity contribution in [3.63, 3.8) is 0 Å². The van der Waals surface area contributed by atoms with Crippen molar-refractivity contribution in [1.29, 1.82) is 0 Å². The van der Waals surface area contributed by atoms with Gasteiger partial charge < -0.3 is 14.9 Å². The third-order valence-electron chi connectivity index (χ3n) is 2.61. The molecule has 0 aliphatic carbocycles. The first kappa shape index (κ1) is 12.0. The molecule has 1 unspecified atom stereocenters. The van der Waals surface area contributed by atoms with Crippen LogP contribution in [-0.4, -0.2) is 34.9 Å². The molecule has 0 saturated carbocycles. The Labute approximate surface area is 88.0 Å². The number of ether oxygens (including phenoxy) is 1. The molecular formula is C10H16O5. The van der Waals surface area contributed by atoms with E-state index in [0.29, 0.717) is 6.61 Å². The minimum absolute atomic E-state index is 0.128. The van der Waals surface area contributed by atoms with E-state index in [-0.39, 0.29) is 18.9 Å². The first-order chi connectivity index (χ1) is 7.09. The minimum atomic E-state index is -0.963. The Morgan fingerprint density at radius 3 is 2.20 bits per heavy atom. The predicted molar refractivity (Wildman–Crippen MR) is 51.6 cm³/mol. The highest BCUT2D eigenvalue weighted by molar-refractivity contribution is 5.70. The number of hydrogen-bond acceptors (Lipinski definition) is 3. The molecule has 0 aromatic heterocycles. The van der Waals surface area contributed by atoms with Gasteiger partial charge in [0.15, 0.2) is 0 Å². The molecular weight excluding hydrogens is 200 g/mol. The first-order valence-corrected chi connectivity index (χ1v) is 5.15. The molecule has 15 heavy (non-hydrogen) atoms. The maximum absolute atomic E-state index is 10.6. The molecule has 5 nitrogen and oxygen atoms in total. The van der Waals surface area contributed by atoms with Gasteiger partial charge in [0.25, 0.3) is 0 Å². The summed E-state index contributed by atoms with van der Waals surface area (Å²) in [6.07, 6.45) is 2.27. The summed E-state index contributed by atoms with van der Waals surface area (Å²) in [7, 11) is 0. The maximum Gasteiger partial charge on any atom is 0.303 e. The van der Waals surface area contributed by atoms with Gasteiger partial charge in [0.1, 0.15) is 0 Å². The van der Waals surface area contributed by atoms with Crippen LogP contribution in [0.4, 0.5) is 0 Å². The first-order valence-electron chi connectivity index (χ1n) is 5.15. The second-order valence-corrected chi connectivity index (χ2v) is 3.86. The Hall–Kier alpha value is -1.10. The fourth-order valence-electron chi connectivity index (χ4n) is 1.92. The molecule has 1 aliphatic heterocycles. The average molecular weight is 216 g/mol. The number of rotatable bonds is 5. The normalized spacial score (nSPS) is 21.5. The lowest BCUT2D eigenvalue weighted by Crippen LogP contribution is -2.31. The van der Waals surface area contributed by atoms with Crippen molar-refractivity contribution in [2.24, 2.45) is 5.92 Å². The molecule has 1 rings (SSSR count). The smallest absolute Gasteiger partial charge is 0.303 e. The van der Waals surface area contributed by atoms with Crippen LogP contribution in [0.5, 0.6) is 0 Å². The van der Waals surface area contributed by atoms with Gasteiger partial charge in [0.05, 0.1) is 18.9 Å². The van der Waals surface area contributed by atoms with Gasteiger partial charge in [-0.05, 0) is 19.3 Å². The van der Waals surface area contributed by atoms with E-state index in [2.05, 4.69) is 0 Å². The highest BCUT2D eigenvalue weighted by atomic mass is 16.5. The van der Waals surface area contributed by atoms with Gasteiger partial charge in [-0.1, -0.05) is 0 Å². The molecule has 0 aromatic rings.